The van der Waals surface area contributed by atoms with Crippen LogP contribution < -0.4 is 11.5 Å². The number of hydrogen-bond donors (Lipinski definition) is 2. The minimum absolute atomic E-state index is 0.198. The molecule has 0 unspecified atom stereocenters. The molecule has 0 bridgehead atoms. The lowest BCUT2D eigenvalue weighted by molar-refractivity contribution is 0.0966. The van der Waals surface area contributed by atoms with E-state index in [9.17, 15) is 9.59 Å². The molecular weight excluding hydrogens is 228 g/mol. The second-order valence-corrected chi connectivity index (χ2v) is 4.10. The van der Waals surface area contributed by atoms with Crippen molar-refractivity contribution in [2.75, 3.05) is 0 Å². The molecule has 0 saturated heterocycles. The Bertz CT molecular complexity index is 467. The third-order valence-electron chi connectivity index (χ3n) is 2.77. The van der Waals surface area contributed by atoms with Crippen molar-refractivity contribution < 1.29 is 9.59 Å². The van der Waals surface area contributed by atoms with E-state index in [2.05, 4.69) is 6.58 Å². The second-order valence-electron chi connectivity index (χ2n) is 4.10. The number of aryl methyl sites for hydroxylation is 1. The summed E-state index contributed by atoms with van der Waals surface area (Å²) in [5.41, 5.74) is 11.8. The molecular formula is C14H18N2O2. The summed E-state index contributed by atoms with van der Waals surface area (Å²) in [6.07, 6.45) is 5.39. The van der Waals surface area contributed by atoms with Gasteiger partial charge in [0.1, 0.15) is 0 Å². The highest BCUT2D eigenvalue weighted by Gasteiger charge is 2.16. The Morgan fingerprint density at radius 3 is 2.44 bits per heavy atom. The highest BCUT2D eigenvalue weighted by molar-refractivity contribution is 6.07. The van der Waals surface area contributed by atoms with Gasteiger partial charge in [-0.1, -0.05) is 18.2 Å². The molecule has 0 atom stereocenters. The van der Waals surface area contributed by atoms with Crippen molar-refractivity contribution in [2.45, 2.75) is 25.7 Å². The molecule has 0 aromatic heterocycles. The number of rotatable bonds is 7. The molecule has 0 heterocycles. The molecule has 18 heavy (non-hydrogen) atoms. The monoisotopic (exact) mass is 246 g/mol. The Labute approximate surface area is 107 Å². The molecule has 0 fully saturated rings. The van der Waals surface area contributed by atoms with Gasteiger partial charge in [0.05, 0.1) is 11.1 Å². The van der Waals surface area contributed by atoms with Crippen LogP contribution in [-0.2, 0) is 6.42 Å². The molecule has 0 aliphatic carbocycles. The van der Waals surface area contributed by atoms with Crippen molar-refractivity contribution in [1.29, 1.82) is 0 Å². The fourth-order valence-electron chi connectivity index (χ4n) is 1.91. The SMILES string of the molecule is C=CCCCCc1cccc(C(N)=O)c1C(N)=O. The van der Waals surface area contributed by atoms with Gasteiger partial charge in [-0.15, -0.1) is 6.58 Å². The number of amides is 2. The van der Waals surface area contributed by atoms with E-state index in [0.717, 1.165) is 24.8 Å². The Morgan fingerprint density at radius 1 is 1.17 bits per heavy atom. The summed E-state index contributed by atoms with van der Waals surface area (Å²) in [6, 6.07) is 5.05. The maximum absolute atomic E-state index is 11.4. The number of nitrogens with two attached hydrogens (primary N) is 2. The highest BCUT2D eigenvalue weighted by Crippen LogP contribution is 2.17. The first kappa shape index (κ1) is 14.0. The summed E-state index contributed by atoms with van der Waals surface area (Å²) in [5, 5.41) is 0. The number of primary amides is 2. The molecule has 0 aliphatic rings. The number of carbonyl (C=O) groups excluding carboxylic acids is 2. The molecule has 4 heteroatoms. The second kappa shape index (κ2) is 6.59. The minimum atomic E-state index is -0.628. The maximum Gasteiger partial charge on any atom is 0.249 e. The van der Waals surface area contributed by atoms with Gasteiger partial charge in [-0.25, -0.2) is 0 Å². The molecule has 96 valence electrons. The van der Waals surface area contributed by atoms with E-state index in [1.54, 1.807) is 12.1 Å². The van der Waals surface area contributed by atoms with E-state index in [0.29, 0.717) is 6.42 Å². The first-order chi connectivity index (χ1) is 8.57. The van der Waals surface area contributed by atoms with Gasteiger partial charge < -0.3 is 11.5 Å². The topological polar surface area (TPSA) is 86.2 Å². The molecule has 0 radical (unpaired) electrons. The predicted molar refractivity (Wildman–Crippen MR) is 71.2 cm³/mol. The van der Waals surface area contributed by atoms with E-state index >= 15 is 0 Å². The van der Waals surface area contributed by atoms with Crippen molar-refractivity contribution in [3.63, 3.8) is 0 Å². The van der Waals surface area contributed by atoms with Gasteiger partial charge in [0.15, 0.2) is 0 Å². The Balaban J connectivity index is 2.96. The van der Waals surface area contributed by atoms with Gasteiger partial charge in [-0.3, -0.25) is 9.59 Å². The molecule has 2 amide bonds. The van der Waals surface area contributed by atoms with Gasteiger partial charge in [0, 0.05) is 0 Å². The molecule has 1 rings (SSSR count). The van der Waals surface area contributed by atoms with Crippen LogP contribution in [-0.4, -0.2) is 11.8 Å². The van der Waals surface area contributed by atoms with Gasteiger partial charge in [0.25, 0.3) is 0 Å². The van der Waals surface area contributed by atoms with Gasteiger partial charge in [-0.2, -0.15) is 0 Å². The minimum Gasteiger partial charge on any atom is -0.366 e. The fraction of sp³-hybridized carbons (Fsp3) is 0.286. The maximum atomic E-state index is 11.4. The largest absolute Gasteiger partial charge is 0.366 e. The van der Waals surface area contributed by atoms with Crippen LogP contribution in [0.15, 0.2) is 30.9 Å². The van der Waals surface area contributed by atoms with Crippen LogP contribution in [0.1, 0.15) is 45.5 Å². The average molecular weight is 246 g/mol. The lowest BCUT2D eigenvalue weighted by atomic mass is 9.96. The highest BCUT2D eigenvalue weighted by atomic mass is 16.2. The van der Waals surface area contributed by atoms with Crippen LogP contribution in [0.2, 0.25) is 0 Å². The quantitative estimate of drug-likeness (QED) is 0.567. The lowest BCUT2D eigenvalue weighted by Crippen LogP contribution is -2.22. The van der Waals surface area contributed by atoms with E-state index < -0.39 is 11.8 Å². The zero-order chi connectivity index (χ0) is 13.5. The molecule has 1 aromatic rings. The Kier molecular flexibility index (Phi) is 5.11. The standard InChI is InChI=1S/C14H18N2O2/c1-2-3-4-5-7-10-8-6-9-11(13(15)17)12(10)14(16)18/h2,6,8-9H,1,3-5,7H2,(H2,15,17)(H2,16,18). The fourth-order valence-corrected chi connectivity index (χ4v) is 1.91. The Morgan fingerprint density at radius 2 is 1.89 bits per heavy atom. The molecule has 0 spiro atoms. The van der Waals surface area contributed by atoms with Crippen molar-refractivity contribution in [3.05, 3.63) is 47.5 Å². The molecule has 0 saturated carbocycles. The van der Waals surface area contributed by atoms with E-state index in [1.165, 1.54) is 6.07 Å². The summed E-state index contributed by atoms with van der Waals surface area (Å²) in [6.45, 7) is 3.65. The number of unbranched alkanes of at least 4 members (excludes halogenated alkanes) is 2. The van der Waals surface area contributed by atoms with Crippen LogP contribution in [0.4, 0.5) is 0 Å². The van der Waals surface area contributed by atoms with Crippen LogP contribution >= 0.6 is 0 Å². The number of carbonyl (C=O) groups is 2. The molecule has 1 aromatic carbocycles. The summed E-state index contributed by atoms with van der Waals surface area (Å²) in [5.74, 6) is -1.24. The third kappa shape index (κ3) is 3.45. The number of allylic oxidation sites excluding steroid dienone is 1. The summed E-state index contributed by atoms with van der Waals surface area (Å²) in [4.78, 5) is 22.7. The van der Waals surface area contributed by atoms with Crippen molar-refractivity contribution in [1.82, 2.24) is 0 Å². The lowest BCUT2D eigenvalue weighted by Gasteiger charge is -2.09. The summed E-state index contributed by atoms with van der Waals surface area (Å²) in [7, 11) is 0. The number of benzene rings is 1. The van der Waals surface area contributed by atoms with E-state index in [4.69, 9.17) is 11.5 Å². The molecule has 4 N–H and O–H groups in total. The molecule has 0 aliphatic heterocycles. The molecule has 4 nitrogen and oxygen atoms in total. The number of hydrogen-bond acceptors (Lipinski definition) is 2. The van der Waals surface area contributed by atoms with Crippen molar-refractivity contribution >= 4 is 11.8 Å². The van der Waals surface area contributed by atoms with Gasteiger partial charge >= 0.3 is 0 Å². The van der Waals surface area contributed by atoms with Crippen LogP contribution in [0, 0.1) is 0 Å². The van der Waals surface area contributed by atoms with E-state index in [1.807, 2.05) is 6.08 Å². The zero-order valence-corrected chi connectivity index (χ0v) is 10.3. The van der Waals surface area contributed by atoms with Gasteiger partial charge in [-0.05, 0) is 37.3 Å². The normalized spacial score (nSPS) is 10.0. The van der Waals surface area contributed by atoms with E-state index in [-0.39, 0.29) is 11.1 Å². The summed E-state index contributed by atoms with van der Waals surface area (Å²) >= 11 is 0. The first-order valence-corrected chi connectivity index (χ1v) is 5.90. The van der Waals surface area contributed by atoms with Crippen LogP contribution in [0.25, 0.3) is 0 Å². The van der Waals surface area contributed by atoms with Crippen LogP contribution in [0.3, 0.4) is 0 Å². The zero-order valence-electron chi connectivity index (χ0n) is 10.3. The van der Waals surface area contributed by atoms with Crippen molar-refractivity contribution in [2.24, 2.45) is 11.5 Å². The summed E-state index contributed by atoms with van der Waals surface area (Å²) < 4.78 is 0. The first-order valence-electron chi connectivity index (χ1n) is 5.90. The average Bonchev–Trinajstić information content (AvgIpc) is 2.33. The smallest absolute Gasteiger partial charge is 0.249 e. The van der Waals surface area contributed by atoms with Gasteiger partial charge in [0.2, 0.25) is 11.8 Å². The Hall–Kier alpha value is -2.10. The third-order valence-corrected chi connectivity index (χ3v) is 2.77. The predicted octanol–water partition coefficient (Wildman–Crippen LogP) is 1.78. The van der Waals surface area contributed by atoms with Crippen LogP contribution in [0.5, 0.6) is 0 Å². The van der Waals surface area contributed by atoms with Crippen molar-refractivity contribution in [3.8, 4) is 0 Å².